The van der Waals surface area contributed by atoms with E-state index in [0.29, 0.717) is 21.3 Å². The van der Waals surface area contributed by atoms with Gasteiger partial charge in [-0.15, -0.1) is 11.3 Å². The van der Waals surface area contributed by atoms with E-state index < -0.39 is 0 Å². The lowest BCUT2D eigenvalue weighted by molar-refractivity contribution is 0.910. The van der Waals surface area contributed by atoms with Crippen molar-refractivity contribution in [2.45, 2.75) is 30.2 Å². The van der Waals surface area contributed by atoms with Crippen molar-refractivity contribution in [2.75, 3.05) is 0 Å². The number of nitrogens with zero attached hydrogens (tertiary/aromatic N) is 2. The third-order valence-corrected chi connectivity index (χ3v) is 8.06. The van der Waals surface area contributed by atoms with Crippen LogP contribution in [0.15, 0.2) is 58.5 Å². The van der Waals surface area contributed by atoms with E-state index in [1.54, 1.807) is 23.1 Å². The van der Waals surface area contributed by atoms with Gasteiger partial charge in [-0.3, -0.25) is 9.36 Å². The smallest absolute Gasteiger partial charge is 0.211 e. The summed E-state index contributed by atoms with van der Waals surface area (Å²) in [4.78, 5) is 20.0. The Labute approximate surface area is 186 Å². The van der Waals surface area contributed by atoms with E-state index in [-0.39, 0.29) is 5.43 Å². The number of aromatic nitrogens is 2. The summed E-state index contributed by atoms with van der Waals surface area (Å²) in [6, 6.07) is 15.8. The summed E-state index contributed by atoms with van der Waals surface area (Å²) < 4.78 is 2.11. The van der Waals surface area contributed by atoms with Crippen LogP contribution in [0.5, 0.6) is 0 Å². The summed E-state index contributed by atoms with van der Waals surface area (Å²) in [6.45, 7) is 0. The van der Waals surface area contributed by atoms with Crippen LogP contribution >= 0.6 is 46.3 Å². The maximum Gasteiger partial charge on any atom is 0.211 e. The monoisotopic (exact) mass is 458 g/mol. The van der Waals surface area contributed by atoms with Crippen molar-refractivity contribution in [3.63, 3.8) is 0 Å². The van der Waals surface area contributed by atoms with Crippen LogP contribution in [0.3, 0.4) is 0 Å². The van der Waals surface area contributed by atoms with Crippen molar-refractivity contribution >= 4 is 56.6 Å². The zero-order valence-corrected chi connectivity index (χ0v) is 18.5. The second-order valence-electron chi connectivity index (χ2n) is 6.94. The van der Waals surface area contributed by atoms with Gasteiger partial charge in [0.05, 0.1) is 10.0 Å². The number of aryl methyl sites for hydroxylation is 1. The highest BCUT2D eigenvalue weighted by Crippen LogP contribution is 2.35. The number of hydrogen-bond acceptors (Lipinski definition) is 4. The van der Waals surface area contributed by atoms with Crippen LogP contribution in [0, 0.1) is 0 Å². The third-order valence-electron chi connectivity index (χ3n) is 5.05. The summed E-state index contributed by atoms with van der Waals surface area (Å²) in [5, 5.41) is 1.90. The van der Waals surface area contributed by atoms with Crippen LogP contribution < -0.4 is 5.43 Å². The molecule has 0 saturated carbocycles. The minimum atomic E-state index is 0.0947. The van der Waals surface area contributed by atoms with Crippen LogP contribution in [0.2, 0.25) is 10.0 Å². The molecule has 1 aliphatic rings. The van der Waals surface area contributed by atoms with E-state index in [1.807, 2.05) is 36.4 Å². The van der Waals surface area contributed by atoms with Gasteiger partial charge in [-0.25, -0.2) is 4.98 Å². The zero-order valence-electron chi connectivity index (χ0n) is 15.3. The molecular formula is C22H16Cl2N2OS2. The maximum absolute atomic E-state index is 13.1. The van der Waals surface area contributed by atoms with E-state index in [2.05, 4.69) is 16.7 Å². The molecule has 5 rings (SSSR count). The van der Waals surface area contributed by atoms with Gasteiger partial charge in [-0.1, -0.05) is 59.2 Å². The van der Waals surface area contributed by atoms with Gasteiger partial charge in [-0.2, -0.15) is 0 Å². The molecule has 2 aromatic heterocycles. The number of thioether (sulfide) groups is 1. The summed E-state index contributed by atoms with van der Waals surface area (Å²) in [5.74, 6) is 0.686. The van der Waals surface area contributed by atoms with Crippen LogP contribution in [0.4, 0.5) is 0 Å². The van der Waals surface area contributed by atoms with E-state index in [0.717, 1.165) is 46.1 Å². The van der Waals surface area contributed by atoms with Crippen LogP contribution in [0.1, 0.15) is 22.4 Å². The second-order valence-corrected chi connectivity index (χ2v) is 9.78. The molecule has 0 spiro atoms. The van der Waals surface area contributed by atoms with Crippen molar-refractivity contribution in [3.05, 3.63) is 84.8 Å². The number of rotatable bonds is 4. The fourth-order valence-electron chi connectivity index (χ4n) is 3.64. The Hall–Kier alpha value is -1.79. The van der Waals surface area contributed by atoms with Crippen molar-refractivity contribution in [3.8, 4) is 5.69 Å². The molecule has 146 valence electrons. The molecule has 0 fully saturated rings. The first-order chi connectivity index (χ1) is 14.1. The van der Waals surface area contributed by atoms with Crippen molar-refractivity contribution in [1.29, 1.82) is 0 Å². The molecule has 0 amide bonds. The Kier molecular flexibility index (Phi) is 5.16. The van der Waals surface area contributed by atoms with Gasteiger partial charge in [0.2, 0.25) is 5.43 Å². The summed E-state index contributed by atoms with van der Waals surface area (Å²) in [5.41, 5.74) is 3.71. The molecule has 7 heteroatoms. The highest BCUT2D eigenvalue weighted by Gasteiger charge is 2.23. The molecule has 0 saturated heterocycles. The minimum absolute atomic E-state index is 0.0947. The molecule has 1 aliphatic carbocycles. The molecule has 0 atom stereocenters. The molecule has 0 aliphatic heterocycles. The van der Waals surface area contributed by atoms with Crippen molar-refractivity contribution < 1.29 is 0 Å². The number of imidazole rings is 1. The topological polar surface area (TPSA) is 34.9 Å². The highest BCUT2D eigenvalue weighted by molar-refractivity contribution is 7.98. The predicted octanol–water partition coefficient (Wildman–Crippen LogP) is 6.54. The number of halogens is 2. The molecule has 4 aromatic rings. The second kappa shape index (κ2) is 7.80. The lowest BCUT2D eigenvalue weighted by atomic mass is 10.2. The molecule has 0 N–H and O–H groups in total. The summed E-state index contributed by atoms with van der Waals surface area (Å²) >= 11 is 15.5. The van der Waals surface area contributed by atoms with E-state index >= 15 is 0 Å². The molecular weight excluding hydrogens is 443 g/mol. The van der Waals surface area contributed by atoms with Crippen LogP contribution in [-0.2, 0) is 18.6 Å². The molecule has 0 bridgehead atoms. The quantitative estimate of drug-likeness (QED) is 0.325. The molecule has 2 aromatic carbocycles. The van der Waals surface area contributed by atoms with Gasteiger partial charge in [0.15, 0.2) is 5.16 Å². The molecule has 0 radical (unpaired) electrons. The average Bonchev–Trinajstić information content (AvgIpc) is 3.35. The first kappa shape index (κ1) is 19.2. The average molecular weight is 459 g/mol. The van der Waals surface area contributed by atoms with Gasteiger partial charge in [0, 0.05) is 21.9 Å². The predicted molar refractivity (Wildman–Crippen MR) is 123 cm³/mol. The Balaban J connectivity index is 1.63. The molecule has 0 unspecified atom stereocenters. The van der Waals surface area contributed by atoms with E-state index in [9.17, 15) is 4.79 Å². The van der Waals surface area contributed by atoms with Crippen LogP contribution in [-0.4, -0.2) is 9.55 Å². The van der Waals surface area contributed by atoms with Gasteiger partial charge in [0.25, 0.3) is 0 Å². The third kappa shape index (κ3) is 3.50. The van der Waals surface area contributed by atoms with Crippen LogP contribution in [0.25, 0.3) is 16.0 Å². The molecule has 2 heterocycles. The zero-order chi connectivity index (χ0) is 20.0. The minimum Gasteiger partial charge on any atom is -0.287 e. The fourth-order valence-corrected chi connectivity index (χ4v) is 6.29. The number of benzene rings is 2. The van der Waals surface area contributed by atoms with Gasteiger partial charge in [-0.05, 0) is 49.1 Å². The highest BCUT2D eigenvalue weighted by atomic mass is 35.5. The summed E-state index contributed by atoms with van der Waals surface area (Å²) in [6.07, 6.45) is 2.90. The number of hydrogen-bond donors (Lipinski definition) is 0. The Bertz CT molecular complexity index is 1280. The first-order valence-electron chi connectivity index (χ1n) is 9.31. The molecule has 29 heavy (non-hydrogen) atoms. The largest absolute Gasteiger partial charge is 0.287 e. The lowest BCUT2D eigenvalue weighted by Gasteiger charge is -2.09. The van der Waals surface area contributed by atoms with Gasteiger partial charge < -0.3 is 0 Å². The molecule has 3 nitrogen and oxygen atoms in total. The Morgan fingerprint density at radius 3 is 2.69 bits per heavy atom. The van der Waals surface area contributed by atoms with Crippen molar-refractivity contribution in [2.24, 2.45) is 0 Å². The first-order valence-corrected chi connectivity index (χ1v) is 11.9. The van der Waals surface area contributed by atoms with Gasteiger partial charge >= 0.3 is 0 Å². The standard InChI is InChI=1S/C22H16Cl2N2OS2/c23-16-10-9-13(11-17(16)24)12-28-22-25-19-20(27)15-7-4-8-18(15)29-21(19)26(22)14-5-2-1-3-6-14/h1-3,5-6,9-11H,4,7-8,12H2. The fraction of sp³-hybridized carbons (Fsp3) is 0.182. The van der Waals surface area contributed by atoms with Crippen molar-refractivity contribution in [1.82, 2.24) is 9.55 Å². The lowest BCUT2D eigenvalue weighted by Crippen LogP contribution is -2.07. The Morgan fingerprint density at radius 2 is 1.90 bits per heavy atom. The Morgan fingerprint density at radius 1 is 1.07 bits per heavy atom. The normalized spacial score (nSPS) is 13.2. The number of fused-ring (bicyclic) bond motifs is 2. The maximum atomic E-state index is 13.1. The number of para-hydroxylation sites is 1. The SMILES string of the molecule is O=c1c2c(sc3c1nc(SCc1ccc(Cl)c(Cl)c1)n3-c1ccccc1)CCC2. The summed E-state index contributed by atoms with van der Waals surface area (Å²) in [7, 11) is 0. The van der Waals surface area contributed by atoms with Gasteiger partial charge in [0.1, 0.15) is 10.3 Å². The van der Waals surface area contributed by atoms with E-state index in [1.165, 1.54) is 4.88 Å². The van der Waals surface area contributed by atoms with E-state index in [4.69, 9.17) is 28.2 Å².